The summed E-state index contributed by atoms with van der Waals surface area (Å²) < 4.78 is 39.0. The van der Waals surface area contributed by atoms with E-state index in [0.717, 1.165) is 40.3 Å². The van der Waals surface area contributed by atoms with Crippen molar-refractivity contribution in [1.29, 1.82) is 0 Å². The van der Waals surface area contributed by atoms with Crippen molar-refractivity contribution in [3.8, 4) is 22.6 Å². The van der Waals surface area contributed by atoms with Gasteiger partial charge in [-0.25, -0.2) is 8.42 Å². The molecule has 1 fully saturated rings. The lowest BCUT2D eigenvalue weighted by Gasteiger charge is -2.17. The van der Waals surface area contributed by atoms with E-state index in [2.05, 4.69) is 10.00 Å². The topological polar surface area (TPSA) is 73.7 Å². The normalized spacial score (nSPS) is 23.5. The average molecular weight is 423 g/mol. The van der Waals surface area contributed by atoms with Gasteiger partial charge in [0.15, 0.2) is 21.3 Å². The van der Waals surface area contributed by atoms with Crippen LogP contribution in [0.2, 0.25) is 0 Å². The summed E-state index contributed by atoms with van der Waals surface area (Å²) in [6, 6.07) is 11.6. The predicted molar refractivity (Wildman–Crippen MR) is 110 cm³/mol. The van der Waals surface area contributed by atoms with Gasteiger partial charge in [-0.15, -0.1) is 0 Å². The number of sulfone groups is 1. The highest BCUT2D eigenvalue weighted by Crippen LogP contribution is 2.46. The Kier molecular flexibility index (Phi) is 3.79. The van der Waals surface area contributed by atoms with E-state index in [1.165, 1.54) is 0 Å². The quantitative estimate of drug-likeness (QED) is 0.645. The maximum atomic E-state index is 13.2. The maximum absolute atomic E-state index is 13.2. The standard InChI is InChI=1S/C22H21N3O4S/c1-24-10-16(8-23-24)15-3-5-21-17(7-15)18-11-25(12-22(18)30(21,26)27)9-14-2-4-19-20(6-14)29-13-28-19/h2-8,10,18,22H,9,11-13H2,1H3/t18-,22-/m1/s1. The second-order valence-electron chi connectivity index (χ2n) is 8.23. The zero-order chi connectivity index (χ0) is 20.5. The largest absolute Gasteiger partial charge is 0.454 e. The Hall–Kier alpha value is -2.84. The van der Waals surface area contributed by atoms with Crippen molar-refractivity contribution in [1.82, 2.24) is 14.7 Å². The summed E-state index contributed by atoms with van der Waals surface area (Å²) in [5, 5.41) is 3.85. The number of nitrogens with zero attached hydrogens (tertiary/aromatic N) is 3. The molecule has 6 rings (SSSR count). The Bertz CT molecular complexity index is 1270. The lowest BCUT2D eigenvalue weighted by atomic mass is 9.95. The molecule has 4 heterocycles. The summed E-state index contributed by atoms with van der Waals surface area (Å²) in [6.45, 7) is 2.21. The van der Waals surface area contributed by atoms with E-state index in [-0.39, 0.29) is 18.0 Å². The number of hydrogen-bond donors (Lipinski definition) is 0. The van der Waals surface area contributed by atoms with Crippen LogP contribution >= 0.6 is 0 Å². The van der Waals surface area contributed by atoms with Crippen molar-refractivity contribution >= 4 is 9.84 Å². The molecular formula is C22H21N3O4S. The lowest BCUT2D eigenvalue weighted by Crippen LogP contribution is -2.25. The van der Waals surface area contributed by atoms with Crippen LogP contribution in [-0.4, -0.2) is 48.2 Å². The summed E-state index contributed by atoms with van der Waals surface area (Å²) in [7, 11) is -1.44. The van der Waals surface area contributed by atoms with Crippen molar-refractivity contribution in [3.05, 3.63) is 59.9 Å². The van der Waals surface area contributed by atoms with Gasteiger partial charge >= 0.3 is 0 Å². The maximum Gasteiger partial charge on any atom is 0.231 e. The zero-order valence-corrected chi connectivity index (χ0v) is 17.3. The molecule has 1 saturated heterocycles. The van der Waals surface area contributed by atoms with Gasteiger partial charge in [0.1, 0.15) is 0 Å². The van der Waals surface area contributed by atoms with Crippen LogP contribution in [0.1, 0.15) is 17.0 Å². The van der Waals surface area contributed by atoms with Gasteiger partial charge in [0, 0.05) is 44.4 Å². The second-order valence-corrected chi connectivity index (χ2v) is 10.4. The molecular weight excluding hydrogens is 402 g/mol. The van der Waals surface area contributed by atoms with Crippen molar-refractivity contribution in [2.24, 2.45) is 7.05 Å². The number of fused-ring (bicyclic) bond motifs is 4. The van der Waals surface area contributed by atoms with E-state index in [4.69, 9.17) is 9.47 Å². The summed E-state index contributed by atoms with van der Waals surface area (Å²) in [4.78, 5) is 2.72. The summed E-state index contributed by atoms with van der Waals surface area (Å²) in [6.07, 6.45) is 3.76. The summed E-state index contributed by atoms with van der Waals surface area (Å²) >= 11 is 0. The molecule has 1 aromatic heterocycles. The first-order chi connectivity index (χ1) is 14.5. The summed E-state index contributed by atoms with van der Waals surface area (Å²) in [5.74, 6) is 1.51. The first-order valence-corrected chi connectivity index (χ1v) is 11.5. The van der Waals surface area contributed by atoms with E-state index in [1.807, 2.05) is 49.8 Å². The van der Waals surface area contributed by atoms with Gasteiger partial charge in [0.2, 0.25) is 6.79 Å². The first-order valence-electron chi connectivity index (χ1n) is 9.97. The molecule has 7 nitrogen and oxygen atoms in total. The van der Waals surface area contributed by atoms with E-state index >= 15 is 0 Å². The molecule has 2 aromatic carbocycles. The van der Waals surface area contributed by atoms with Gasteiger partial charge in [-0.05, 0) is 41.0 Å². The Balaban J connectivity index is 1.30. The minimum absolute atomic E-state index is 0.00404. The highest BCUT2D eigenvalue weighted by atomic mass is 32.2. The predicted octanol–water partition coefficient (Wildman–Crippen LogP) is 2.57. The van der Waals surface area contributed by atoms with Gasteiger partial charge in [-0.1, -0.05) is 12.1 Å². The fourth-order valence-corrected chi connectivity index (χ4v) is 7.10. The Labute approximate surface area is 174 Å². The number of likely N-dealkylation sites (tertiary alicyclic amines) is 1. The van der Waals surface area contributed by atoms with Crippen LogP contribution in [0.25, 0.3) is 11.1 Å². The average Bonchev–Trinajstić information content (AvgIpc) is 3.48. The molecule has 3 aliphatic rings. The zero-order valence-electron chi connectivity index (χ0n) is 16.5. The second kappa shape index (κ2) is 6.33. The fraction of sp³-hybridized carbons (Fsp3) is 0.318. The van der Waals surface area contributed by atoms with E-state index in [0.29, 0.717) is 18.0 Å². The van der Waals surface area contributed by atoms with Crippen LogP contribution in [0.4, 0.5) is 0 Å². The van der Waals surface area contributed by atoms with Crippen LogP contribution in [-0.2, 0) is 23.4 Å². The molecule has 0 aliphatic carbocycles. The SMILES string of the molecule is Cn1cc(-c2ccc3c(c2)[C@H]2CN(Cc4ccc5c(c4)OCO5)C[C@H]2S3(=O)=O)cn1. The van der Waals surface area contributed by atoms with Crippen molar-refractivity contribution in [2.75, 3.05) is 19.9 Å². The smallest absolute Gasteiger partial charge is 0.231 e. The minimum atomic E-state index is -3.32. The molecule has 2 atom stereocenters. The summed E-state index contributed by atoms with van der Waals surface area (Å²) in [5.41, 5.74) is 4.04. The van der Waals surface area contributed by atoms with E-state index in [9.17, 15) is 8.42 Å². The third-order valence-corrected chi connectivity index (χ3v) is 8.60. The number of hydrogen-bond acceptors (Lipinski definition) is 6. The van der Waals surface area contributed by atoms with E-state index < -0.39 is 9.84 Å². The molecule has 0 saturated carbocycles. The highest BCUT2D eigenvalue weighted by molar-refractivity contribution is 7.92. The van der Waals surface area contributed by atoms with Crippen molar-refractivity contribution < 1.29 is 17.9 Å². The molecule has 3 aromatic rings. The molecule has 0 radical (unpaired) electrons. The molecule has 154 valence electrons. The van der Waals surface area contributed by atoms with Crippen LogP contribution < -0.4 is 9.47 Å². The van der Waals surface area contributed by atoms with Gasteiger partial charge in [-0.2, -0.15) is 5.10 Å². The Morgan fingerprint density at radius 1 is 1.07 bits per heavy atom. The molecule has 0 N–H and O–H groups in total. The highest BCUT2D eigenvalue weighted by Gasteiger charge is 2.50. The van der Waals surface area contributed by atoms with Crippen molar-refractivity contribution in [3.63, 3.8) is 0 Å². The number of aromatic nitrogens is 2. The monoisotopic (exact) mass is 423 g/mol. The van der Waals surface area contributed by atoms with Crippen molar-refractivity contribution in [2.45, 2.75) is 22.6 Å². The molecule has 3 aliphatic heterocycles. The van der Waals surface area contributed by atoms with Gasteiger partial charge in [-0.3, -0.25) is 9.58 Å². The van der Waals surface area contributed by atoms with Crippen LogP contribution in [0.3, 0.4) is 0 Å². The van der Waals surface area contributed by atoms with E-state index in [1.54, 1.807) is 10.7 Å². The van der Waals surface area contributed by atoms with Gasteiger partial charge in [0.25, 0.3) is 0 Å². The number of aryl methyl sites for hydroxylation is 1. The Morgan fingerprint density at radius 2 is 1.93 bits per heavy atom. The number of rotatable bonds is 3. The molecule has 0 unspecified atom stereocenters. The first kappa shape index (κ1) is 18.0. The van der Waals surface area contributed by atoms with Crippen LogP contribution in [0, 0.1) is 0 Å². The Morgan fingerprint density at radius 3 is 2.77 bits per heavy atom. The minimum Gasteiger partial charge on any atom is -0.454 e. The van der Waals surface area contributed by atoms with Crippen LogP contribution in [0.5, 0.6) is 11.5 Å². The molecule has 0 bridgehead atoms. The fourth-order valence-electron chi connectivity index (χ4n) is 4.90. The van der Waals surface area contributed by atoms with Gasteiger partial charge in [0.05, 0.1) is 16.3 Å². The third kappa shape index (κ3) is 2.67. The molecule has 30 heavy (non-hydrogen) atoms. The third-order valence-electron chi connectivity index (χ3n) is 6.34. The molecule has 0 spiro atoms. The lowest BCUT2D eigenvalue weighted by molar-refractivity contribution is 0.174. The number of benzene rings is 2. The van der Waals surface area contributed by atoms with Crippen LogP contribution in [0.15, 0.2) is 53.7 Å². The molecule has 8 heteroatoms. The number of ether oxygens (including phenoxy) is 2. The van der Waals surface area contributed by atoms with Gasteiger partial charge < -0.3 is 9.47 Å². The molecule has 0 amide bonds.